The van der Waals surface area contributed by atoms with Gasteiger partial charge in [0, 0.05) is 11.1 Å². The minimum Gasteiger partial charge on any atom is -0.459 e. The highest BCUT2D eigenvalue weighted by Crippen LogP contribution is 2.14. The molecular formula is C26H24N2O6. The van der Waals surface area contributed by atoms with Crippen LogP contribution in [0.1, 0.15) is 33.6 Å². The molecule has 0 aliphatic rings. The monoisotopic (exact) mass is 460 g/mol. The highest BCUT2D eigenvalue weighted by Gasteiger charge is 2.24. The number of hydrogen-bond acceptors (Lipinski definition) is 6. The number of rotatable bonds is 8. The largest absolute Gasteiger partial charge is 0.459 e. The maximum atomic E-state index is 12.7. The maximum Gasteiger partial charge on any atom is 0.310 e. The first-order chi connectivity index (χ1) is 16.4. The van der Waals surface area contributed by atoms with Gasteiger partial charge in [-0.3, -0.25) is 19.2 Å². The van der Waals surface area contributed by atoms with Crippen LogP contribution >= 0.6 is 0 Å². The Hall–Kier alpha value is -4.20. The number of hydrogen-bond donors (Lipinski definition) is 0. The first-order valence-electron chi connectivity index (χ1n) is 10.8. The van der Waals surface area contributed by atoms with Gasteiger partial charge in [0.15, 0.2) is 0 Å². The SMILES string of the molecule is Cc1c(COC(=O)Cc2ccccc2)n2c(COC(=O)Cc3ccccc3)c(C)c(=O)n2c1=O. The van der Waals surface area contributed by atoms with Crippen LogP contribution in [0.15, 0.2) is 70.3 Å². The van der Waals surface area contributed by atoms with E-state index in [0.717, 1.165) is 15.6 Å². The van der Waals surface area contributed by atoms with Crippen LogP contribution in [-0.4, -0.2) is 21.0 Å². The van der Waals surface area contributed by atoms with Gasteiger partial charge in [0.1, 0.15) is 13.2 Å². The van der Waals surface area contributed by atoms with Crippen molar-refractivity contribution in [3.8, 4) is 0 Å². The van der Waals surface area contributed by atoms with Crippen LogP contribution < -0.4 is 11.1 Å². The average Bonchev–Trinajstić information content (AvgIpc) is 3.22. The number of ether oxygens (including phenoxy) is 2. The van der Waals surface area contributed by atoms with Gasteiger partial charge in [-0.25, -0.2) is 4.52 Å². The molecule has 174 valence electrons. The van der Waals surface area contributed by atoms with Crippen LogP contribution in [0.3, 0.4) is 0 Å². The second-order valence-corrected chi connectivity index (χ2v) is 8.02. The molecule has 0 aliphatic carbocycles. The van der Waals surface area contributed by atoms with Crippen LogP contribution in [0.2, 0.25) is 0 Å². The van der Waals surface area contributed by atoms with Crippen molar-refractivity contribution in [2.24, 2.45) is 0 Å². The zero-order valence-electron chi connectivity index (χ0n) is 18.9. The molecule has 0 saturated heterocycles. The quantitative estimate of drug-likeness (QED) is 0.375. The Labute approximate surface area is 195 Å². The molecule has 4 rings (SSSR count). The summed E-state index contributed by atoms with van der Waals surface area (Å²) in [7, 11) is 0. The highest BCUT2D eigenvalue weighted by atomic mass is 16.5. The fourth-order valence-electron chi connectivity index (χ4n) is 3.82. The van der Waals surface area contributed by atoms with Crippen LogP contribution in [0, 0.1) is 13.8 Å². The average molecular weight is 460 g/mol. The second-order valence-electron chi connectivity index (χ2n) is 8.02. The summed E-state index contributed by atoms with van der Waals surface area (Å²) in [6, 6.07) is 18.3. The van der Waals surface area contributed by atoms with Gasteiger partial charge in [0.2, 0.25) is 0 Å². The van der Waals surface area contributed by atoms with Crippen molar-refractivity contribution in [1.29, 1.82) is 0 Å². The third-order valence-electron chi connectivity index (χ3n) is 5.73. The van der Waals surface area contributed by atoms with Gasteiger partial charge >= 0.3 is 11.9 Å². The molecule has 0 aliphatic heterocycles. The lowest BCUT2D eigenvalue weighted by Gasteiger charge is -2.09. The Balaban J connectivity index is 1.55. The fourth-order valence-corrected chi connectivity index (χ4v) is 3.82. The standard InChI is InChI=1S/C26H24N2O6/c1-17-21(15-33-23(29)13-19-9-5-3-6-10-19)27-22(18(2)26(32)28(27)25(17)31)16-34-24(30)14-20-11-7-4-8-12-20/h3-12H,13-16H2,1-2H3. The van der Waals surface area contributed by atoms with Crippen molar-refractivity contribution < 1.29 is 19.1 Å². The van der Waals surface area contributed by atoms with Crippen LogP contribution in [0.5, 0.6) is 0 Å². The van der Waals surface area contributed by atoms with Crippen LogP contribution in [-0.2, 0) is 45.1 Å². The van der Waals surface area contributed by atoms with E-state index in [9.17, 15) is 19.2 Å². The molecule has 2 aromatic heterocycles. The van der Waals surface area contributed by atoms with Gasteiger partial charge in [-0.2, -0.15) is 4.52 Å². The molecule has 0 atom stereocenters. The van der Waals surface area contributed by atoms with Crippen molar-refractivity contribution in [2.45, 2.75) is 39.9 Å². The summed E-state index contributed by atoms with van der Waals surface area (Å²) >= 11 is 0. The molecule has 0 spiro atoms. The van der Waals surface area contributed by atoms with Gasteiger partial charge in [-0.15, -0.1) is 0 Å². The molecule has 4 aromatic rings. The van der Waals surface area contributed by atoms with E-state index in [-0.39, 0.29) is 26.1 Å². The number of aromatic nitrogens is 2. The normalized spacial score (nSPS) is 11.0. The Morgan fingerprint density at radius 2 is 1.03 bits per heavy atom. The topological polar surface area (TPSA) is 95.6 Å². The number of nitrogens with zero attached hydrogens (tertiary/aromatic N) is 2. The van der Waals surface area contributed by atoms with E-state index >= 15 is 0 Å². The lowest BCUT2D eigenvalue weighted by molar-refractivity contribution is -0.144. The molecule has 0 N–H and O–H groups in total. The van der Waals surface area contributed by atoms with Crippen LogP contribution in [0.25, 0.3) is 0 Å². The fraction of sp³-hybridized carbons (Fsp3) is 0.231. The minimum absolute atomic E-state index is 0.0859. The highest BCUT2D eigenvalue weighted by molar-refractivity contribution is 5.73. The second kappa shape index (κ2) is 9.74. The Kier molecular flexibility index (Phi) is 6.58. The molecular weight excluding hydrogens is 436 g/mol. The van der Waals surface area contributed by atoms with Gasteiger partial charge in [0.25, 0.3) is 11.1 Å². The maximum absolute atomic E-state index is 12.7. The summed E-state index contributed by atoms with van der Waals surface area (Å²) in [6.45, 7) is 2.76. The third-order valence-corrected chi connectivity index (χ3v) is 5.73. The van der Waals surface area contributed by atoms with E-state index in [2.05, 4.69) is 0 Å². The summed E-state index contributed by atoms with van der Waals surface area (Å²) in [4.78, 5) is 50.2. The molecule has 0 saturated carbocycles. The van der Waals surface area contributed by atoms with Crippen LogP contribution in [0.4, 0.5) is 0 Å². The first-order valence-corrected chi connectivity index (χ1v) is 10.8. The molecule has 0 radical (unpaired) electrons. The smallest absolute Gasteiger partial charge is 0.310 e. The summed E-state index contributed by atoms with van der Waals surface area (Å²) in [5, 5.41) is 0. The van der Waals surface area contributed by atoms with Crippen molar-refractivity contribution in [2.75, 3.05) is 0 Å². The van der Waals surface area contributed by atoms with Gasteiger partial charge in [0.05, 0.1) is 24.2 Å². The number of esters is 2. The van der Waals surface area contributed by atoms with Crippen molar-refractivity contribution >= 4 is 11.9 Å². The lowest BCUT2D eigenvalue weighted by atomic mass is 10.1. The number of benzene rings is 2. The summed E-state index contributed by atoms with van der Waals surface area (Å²) in [5.41, 5.74) is 1.94. The van der Waals surface area contributed by atoms with Gasteiger partial charge in [-0.05, 0) is 25.0 Å². The van der Waals surface area contributed by atoms with Crippen molar-refractivity contribution in [3.05, 3.63) is 115 Å². The van der Waals surface area contributed by atoms with E-state index in [4.69, 9.17) is 9.47 Å². The number of fused-ring (bicyclic) bond motifs is 1. The Bertz CT molecular complexity index is 1330. The molecule has 34 heavy (non-hydrogen) atoms. The van der Waals surface area contributed by atoms with E-state index in [0.29, 0.717) is 22.5 Å². The van der Waals surface area contributed by atoms with E-state index in [1.54, 1.807) is 13.8 Å². The molecule has 0 bridgehead atoms. The van der Waals surface area contributed by atoms with E-state index < -0.39 is 23.1 Å². The summed E-state index contributed by atoms with van der Waals surface area (Å²) < 4.78 is 13.2. The van der Waals surface area contributed by atoms with E-state index in [1.165, 1.54) is 4.52 Å². The Morgan fingerprint density at radius 1 is 0.647 bits per heavy atom. The molecule has 2 heterocycles. The predicted molar refractivity (Wildman–Crippen MR) is 124 cm³/mol. The molecule has 8 nitrogen and oxygen atoms in total. The Morgan fingerprint density at radius 3 is 1.41 bits per heavy atom. The summed E-state index contributed by atoms with van der Waals surface area (Å²) in [5.74, 6) is -0.918. The zero-order valence-corrected chi connectivity index (χ0v) is 18.9. The number of carbonyl (C=O) groups is 2. The minimum atomic E-state index is -0.496. The molecule has 0 unspecified atom stereocenters. The molecule has 2 aromatic carbocycles. The zero-order chi connectivity index (χ0) is 24.2. The van der Waals surface area contributed by atoms with E-state index in [1.807, 2.05) is 60.7 Å². The predicted octanol–water partition coefficient (Wildman–Crippen LogP) is 2.39. The van der Waals surface area contributed by atoms with Gasteiger partial charge in [-0.1, -0.05) is 60.7 Å². The molecule has 0 amide bonds. The first kappa shape index (κ1) is 23.0. The third kappa shape index (κ3) is 4.61. The lowest BCUT2D eigenvalue weighted by Crippen LogP contribution is -2.23. The summed E-state index contributed by atoms with van der Waals surface area (Å²) in [6.07, 6.45) is 0.172. The molecule has 8 heteroatoms. The molecule has 0 fully saturated rings. The van der Waals surface area contributed by atoms with Crippen molar-refractivity contribution in [1.82, 2.24) is 9.03 Å². The van der Waals surface area contributed by atoms with Crippen molar-refractivity contribution in [3.63, 3.8) is 0 Å². The van der Waals surface area contributed by atoms with Gasteiger partial charge < -0.3 is 9.47 Å². The number of carbonyl (C=O) groups excluding carboxylic acids is 2.